The molecule has 0 aliphatic heterocycles. The maximum Gasteiger partial charge on any atom is 0.313 e. The second kappa shape index (κ2) is 10.4. The lowest BCUT2D eigenvalue weighted by Gasteiger charge is -2.27. The zero-order valence-electron chi connectivity index (χ0n) is 19.6. The van der Waals surface area contributed by atoms with E-state index >= 15 is 0 Å². The first-order valence-corrected chi connectivity index (χ1v) is 10.8. The summed E-state index contributed by atoms with van der Waals surface area (Å²) in [5, 5.41) is 0. The van der Waals surface area contributed by atoms with E-state index in [0.717, 1.165) is 42.2 Å². The first-order valence-electron chi connectivity index (χ1n) is 10.8. The Hall–Kier alpha value is -2.63. The molecule has 0 aliphatic rings. The van der Waals surface area contributed by atoms with Crippen LogP contribution in [0.1, 0.15) is 68.1 Å². The van der Waals surface area contributed by atoms with Gasteiger partial charge in [0.15, 0.2) is 0 Å². The molecule has 0 saturated heterocycles. The van der Waals surface area contributed by atoms with E-state index in [-0.39, 0.29) is 5.97 Å². The second-order valence-corrected chi connectivity index (χ2v) is 7.70. The van der Waals surface area contributed by atoms with Crippen molar-refractivity contribution >= 4 is 11.8 Å². The molecule has 1 unspecified atom stereocenters. The standard InChI is InChI=1S/C24H35N3O3/c1-9-12-27(10-2)22-20(18(7)24(28)29-11-3)23(26-19(8)25-22)30-21-16(5)13-15(4)14-17(21)6/h13-14,18H,9-12H2,1-8H3. The minimum atomic E-state index is -0.549. The summed E-state index contributed by atoms with van der Waals surface area (Å²) >= 11 is 0. The fraction of sp³-hybridized carbons (Fsp3) is 0.542. The Morgan fingerprint density at radius 3 is 2.23 bits per heavy atom. The van der Waals surface area contributed by atoms with Crippen LogP contribution >= 0.6 is 0 Å². The van der Waals surface area contributed by atoms with Gasteiger partial charge in [-0.25, -0.2) is 4.98 Å². The predicted molar refractivity (Wildman–Crippen MR) is 121 cm³/mol. The van der Waals surface area contributed by atoms with Crippen LogP contribution < -0.4 is 9.64 Å². The number of hydrogen-bond acceptors (Lipinski definition) is 6. The molecule has 0 radical (unpaired) electrons. The van der Waals surface area contributed by atoms with E-state index in [1.165, 1.54) is 5.56 Å². The van der Waals surface area contributed by atoms with Gasteiger partial charge < -0.3 is 14.4 Å². The molecular weight excluding hydrogens is 378 g/mol. The molecule has 0 spiro atoms. The SMILES string of the molecule is CCCN(CC)c1nc(C)nc(Oc2c(C)cc(C)cc2C)c1C(C)C(=O)OCC. The van der Waals surface area contributed by atoms with Gasteiger partial charge in [-0.05, 0) is 66.0 Å². The highest BCUT2D eigenvalue weighted by atomic mass is 16.5. The van der Waals surface area contributed by atoms with Crippen molar-refractivity contribution in [3.63, 3.8) is 0 Å². The van der Waals surface area contributed by atoms with E-state index in [1.54, 1.807) is 0 Å². The maximum absolute atomic E-state index is 12.7. The first kappa shape index (κ1) is 23.6. The summed E-state index contributed by atoms with van der Waals surface area (Å²) in [6, 6.07) is 4.17. The topological polar surface area (TPSA) is 64.5 Å². The molecule has 0 bridgehead atoms. The van der Waals surface area contributed by atoms with Gasteiger partial charge in [-0.15, -0.1) is 0 Å². The van der Waals surface area contributed by atoms with Crippen molar-refractivity contribution in [2.24, 2.45) is 0 Å². The fourth-order valence-corrected chi connectivity index (χ4v) is 3.73. The van der Waals surface area contributed by atoms with Gasteiger partial charge in [0.2, 0.25) is 5.88 Å². The second-order valence-electron chi connectivity index (χ2n) is 7.70. The number of nitrogens with zero attached hydrogens (tertiary/aromatic N) is 3. The maximum atomic E-state index is 12.7. The molecule has 1 atom stereocenters. The molecule has 164 valence electrons. The monoisotopic (exact) mass is 413 g/mol. The highest BCUT2D eigenvalue weighted by Crippen LogP contribution is 2.38. The number of esters is 1. The lowest BCUT2D eigenvalue weighted by atomic mass is 10.0. The number of aryl methyl sites for hydroxylation is 4. The number of hydrogen-bond donors (Lipinski definition) is 0. The third-order valence-corrected chi connectivity index (χ3v) is 5.05. The average Bonchev–Trinajstić information content (AvgIpc) is 2.68. The summed E-state index contributed by atoms with van der Waals surface area (Å²) < 4.78 is 11.7. The van der Waals surface area contributed by atoms with Crippen LogP contribution in [0.4, 0.5) is 5.82 Å². The molecule has 1 heterocycles. The number of aromatic nitrogens is 2. The van der Waals surface area contributed by atoms with E-state index in [9.17, 15) is 4.79 Å². The molecule has 6 heteroatoms. The lowest BCUT2D eigenvalue weighted by molar-refractivity contribution is -0.144. The summed E-state index contributed by atoms with van der Waals surface area (Å²) in [6.07, 6.45) is 0.969. The quantitative estimate of drug-likeness (QED) is 0.513. The van der Waals surface area contributed by atoms with Gasteiger partial charge in [-0.1, -0.05) is 24.6 Å². The van der Waals surface area contributed by atoms with Crippen molar-refractivity contribution in [3.8, 4) is 11.6 Å². The van der Waals surface area contributed by atoms with Crippen LogP contribution in [0.15, 0.2) is 12.1 Å². The molecule has 6 nitrogen and oxygen atoms in total. The third kappa shape index (κ3) is 5.29. The zero-order chi connectivity index (χ0) is 22.4. The van der Waals surface area contributed by atoms with Gasteiger partial charge in [0.1, 0.15) is 17.4 Å². The van der Waals surface area contributed by atoms with Gasteiger partial charge in [0, 0.05) is 13.1 Å². The molecule has 0 saturated carbocycles. The van der Waals surface area contributed by atoms with Crippen molar-refractivity contribution in [1.29, 1.82) is 0 Å². The Labute approximate surface area is 180 Å². The molecule has 1 aromatic carbocycles. The highest BCUT2D eigenvalue weighted by Gasteiger charge is 2.29. The number of benzene rings is 1. The Kier molecular flexibility index (Phi) is 8.21. The van der Waals surface area contributed by atoms with E-state index in [1.807, 2.05) is 34.6 Å². The zero-order valence-corrected chi connectivity index (χ0v) is 19.6. The number of rotatable bonds is 9. The van der Waals surface area contributed by atoms with Crippen molar-refractivity contribution in [3.05, 3.63) is 40.2 Å². The predicted octanol–water partition coefficient (Wildman–Crippen LogP) is 5.41. The number of anilines is 1. The van der Waals surface area contributed by atoms with Crippen LogP contribution in [-0.4, -0.2) is 35.6 Å². The fourth-order valence-electron chi connectivity index (χ4n) is 3.73. The van der Waals surface area contributed by atoms with Crippen molar-refractivity contribution in [1.82, 2.24) is 9.97 Å². The summed E-state index contributed by atoms with van der Waals surface area (Å²) in [5.41, 5.74) is 3.91. The van der Waals surface area contributed by atoms with Crippen molar-refractivity contribution < 1.29 is 14.3 Å². The molecule has 1 aromatic heterocycles. The molecule has 2 aromatic rings. The van der Waals surface area contributed by atoms with Crippen LogP contribution in [0.2, 0.25) is 0 Å². The van der Waals surface area contributed by atoms with Gasteiger partial charge in [-0.3, -0.25) is 4.79 Å². The van der Waals surface area contributed by atoms with Crippen LogP contribution in [0, 0.1) is 27.7 Å². The summed E-state index contributed by atoms with van der Waals surface area (Å²) in [6.45, 7) is 17.7. The average molecular weight is 414 g/mol. The van der Waals surface area contributed by atoms with E-state index < -0.39 is 5.92 Å². The van der Waals surface area contributed by atoms with Crippen LogP contribution in [0.5, 0.6) is 11.6 Å². The minimum Gasteiger partial charge on any atom is -0.466 e. The van der Waals surface area contributed by atoms with Crippen molar-refractivity contribution in [2.45, 2.75) is 67.7 Å². The summed E-state index contributed by atoms with van der Waals surface area (Å²) in [5.74, 6) is 1.68. The Morgan fingerprint density at radius 2 is 1.70 bits per heavy atom. The number of carbonyl (C=O) groups is 1. The van der Waals surface area contributed by atoms with Gasteiger partial charge >= 0.3 is 5.97 Å². The van der Waals surface area contributed by atoms with E-state index in [0.29, 0.717) is 23.9 Å². The lowest BCUT2D eigenvalue weighted by Crippen LogP contribution is -2.28. The summed E-state index contributed by atoms with van der Waals surface area (Å²) in [4.78, 5) is 24.2. The molecule has 0 N–H and O–H groups in total. The van der Waals surface area contributed by atoms with Gasteiger partial charge in [0.25, 0.3) is 0 Å². The molecule has 2 rings (SSSR count). The Bertz CT molecular complexity index is 873. The van der Waals surface area contributed by atoms with Gasteiger partial charge in [-0.2, -0.15) is 4.98 Å². The molecule has 0 aliphatic carbocycles. The molecule has 0 amide bonds. The van der Waals surface area contributed by atoms with Crippen LogP contribution in [0.3, 0.4) is 0 Å². The van der Waals surface area contributed by atoms with Crippen LogP contribution in [0.25, 0.3) is 0 Å². The summed E-state index contributed by atoms with van der Waals surface area (Å²) in [7, 11) is 0. The van der Waals surface area contributed by atoms with E-state index in [4.69, 9.17) is 14.5 Å². The number of carbonyl (C=O) groups excluding carboxylic acids is 1. The number of ether oxygens (including phenoxy) is 2. The third-order valence-electron chi connectivity index (χ3n) is 5.05. The van der Waals surface area contributed by atoms with Crippen LogP contribution in [-0.2, 0) is 9.53 Å². The van der Waals surface area contributed by atoms with Crippen molar-refractivity contribution in [2.75, 3.05) is 24.6 Å². The smallest absolute Gasteiger partial charge is 0.313 e. The molecule has 0 fully saturated rings. The molecular formula is C24H35N3O3. The van der Waals surface area contributed by atoms with Gasteiger partial charge in [0.05, 0.1) is 18.1 Å². The normalized spacial score (nSPS) is 11.9. The first-order chi connectivity index (χ1) is 14.2. The Balaban J connectivity index is 2.69. The minimum absolute atomic E-state index is 0.305. The Morgan fingerprint density at radius 1 is 1.07 bits per heavy atom. The van der Waals surface area contributed by atoms with E-state index in [2.05, 4.69) is 42.8 Å². The largest absolute Gasteiger partial charge is 0.466 e. The highest BCUT2D eigenvalue weighted by molar-refractivity contribution is 5.81. The molecule has 30 heavy (non-hydrogen) atoms.